The Morgan fingerprint density at radius 1 is 0.259 bits per heavy atom. The molecule has 1 unspecified atom stereocenters. The van der Waals surface area contributed by atoms with Gasteiger partial charge >= 0.3 is 17.9 Å². The van der Waals surface area contributed by atoms with Gasteiger partial charge < -0.3 is 14.2 Å². The fourth-order valence-electron chi connectivity index (χ4n) is 9.38. The summed E-state index contributed by atoms with van der Waals surface area (Å²) >= 11 is 0. The number of carbonyl (C=O) groups excluding carboxylic acids is 3. The van der Waals surface area contributed by atoms with Crippen molar-refractivity contribution in [2.75, 3.05) is 13.2 Å². The molecule has 0 aliphatic rings. The van der Waals surface area contributed by atoms with Crippen LogP contribution in [0, 0.1) is 0 Å². The van der Waals surface area contributed by atoms with Crippen LogP contribution < -0.4 is 0 Å². The monoisotopic (exact) mass is 1120 g/mol. The molecule has 0 amide bonds. The van der Waals surface area contributed by atoms with Gasteiger partial charge in [-0.2, -0.15) is 0 Å². The van der Waals surface area contributed by atoms with Gasteiger partial charge in [-0.15, -0.1) is 0 Å². The average Bonchev–Trinajstić information content (AvgIpc) is 3.46. The Morgan fingerprint density at radius 3 is 0.790 bits per heavy atom. The second-order valence-electron chi connectivity index (χ2n) is 22.4. The van der Waals surface area contributed by atoms with Crippen LogP contribution in [0.1, 0.15) is 316 Å². The quantitative estimate of drug-likeness (QED) is 0.0261. The van der Waals surface area contributed by atoms with Crippen molar-refractivity contribution in [1.82, 2.24) is 0 Å². The highest BCUT2D eigenvalue weighted by Gasteiger charge is 2.19. The number of rotatable bonds is 61. The molecule has 0 rings (SSSR count). The van der Waals surface area contributed by atoms with E-state index in [2.05, 4.69) is 142 Å². The lowest BCUT2D eigenvalue weighted by Crippen LogP contribution is -2.30. The van der Waals surface area contributed by atoms with Crippen LogP contribution in [0.15, 0.2) is 122 Å². The van der Waals surface area contributed by atoms with E-state index >= 15 is 0 Å². The van der Waals surface area contributed by atoms with Gasteiger partial charge in [0.2, 0.25) is 0 Å². The summed E-state index contributed by atoms with van der Waals surface area (Å²) in [7, 11) is 0. The van der Waals surface area contributed by atoms with Gasteiger partial charge in [-0.05, 0) is 109 Å². The number of carbonyl (C=O) groups is 3. The van der Waals surface area contributed by atoms with Crippen molar-refractivity contribution in [1.29, 1.82) is 0 Å². The summed E-state index contributed by atoms with van der Waals surface area (Å²) in [6, 6.07) is 0. The minimum Gasteiger partial charge on any atom is -0.462 e. The molecule has 0 heterocycles. The molecule has 6 heteroatoms. The van der Waals surface area contributed by atoms with Crippen LogP contribution in [0.4, 0.5) is 0 Å². The zero-order valence-electron chi connectivity index (χ0n) is 53.0. The standard InChI is InChI=1S/C75H126O6/c1-4-7-10-13-16-19-22-25-27-29-31-33-35-36-37-38-40-41-43-45-47-50-53-56-59-62-65-68-74(77)80-71-72(70-79-73(76)67-64-61-58-55-52-49-24-21-18-15-12-9-6-3)81-75(78)69-66-63-60-57-54-51-48-46-44-42-39-34-32-30-28-26-23-20-17-14-11-8-5-2/h8,11,17,20,22,25-26,28-29,31-32,34-36,42,44,48,51,57,60,72H,4-7,9-10,12-16,18-19,21,23-24,27,30,33,37-41,43,45-47,49-50,52-56,58-59,61-71H2,1-3H3/b11-8-,20-17-,25-22-,28-26-,31-29-,34-32-,36-35-,44-42-,51-48-,60-57-. The fraction of sp³-hybridized carbons (Fsp3) is 0.693. The molecule has 0 fully saturated rings. The van der Waals surface area contributed by atoms with Gasteiger partial charge in [0.15, 0.2) is 6.10 Å². The summed E-state index contributed by atoms with van der Waals surface area (Å²) in [6.45, 7) is 6.49. The van der Waals surface area contributed by atoms with Gasteiger partial charge in [0.25, 0.3) is 0 Å². The van der Waals surface area contributed by atoms with E-state index in [0.29, 0.717) is 19.3 Å². The Labute approximate surface area is 501 Å². The first-order chi connectivity index (χ1) is 40.0. The lowest BCUT2D eigenvalue weighted by Gasteiger charge is -2.18. The summed E-state index contributed by atoms with van der Waals surface area (Å²) in [6.07, 6.45) is 95.0. The van der Waals surface area contributed by atoms with E-state index in [9.17, 15) is 14.4 Å². The van der Waals surface area contributed by atoms with Gasteiger partial charge in [-0.25, -0.2) is 0 Å². The van der Waals surface area contributed by atoms with E-state index in [1.54, 1.807) is 0 Å². The predicted octanol–water partition coefficient (Wildman–Crippen LogP) is 23.6. The number of allylic oxidation sites excluding steroid dienone is 20. The maximum absolute atomic E-state index is 12.9. The van der Waals surface area contributed by atoms with Crippen LogP contribution in [0.2, 0.25) is 0 Å². The van der Waals surface area contributed by atoms with Gasteiger partial charge in [0, 0.05) is 19.3 Å². The number of esters is 3. The van der Waals surface area contributed by atoms with Crippen molar-refractivity contribution in [3.05, 3.63) is 122 Å². The topological polar surface area (TPSA) is 78.9 Å². The highest BCUT2D eigenvalue weighted by atomic mass is 16.6. The van der Waals surface area contributed by atoms with E-state index in [0.717, 1.165) is 103 Å². The third-order valence-electron chi connectivity index (χ3n) is 14.5. The number of unbranched alkanes of at least 4 members (excludes halogenated alkanes) is 30. The largest absolute Gasteiger partial charge is 0.462 e. The highest BCUT2D eigenvalue weighted by molar-refractivity contribution is 5.71. The minimum atomic E-state index is -0.812. The molecule has 6 nitrogen and oxygen atoms in total. The predicted molar refractivity (Wildman–Crippen MR) is 353 cm³/mol. The minimum absolute atomic E-state index is 0.101. The summed E-state index contributed by atoms with van der Waals surface area (Å²) in [5, 5.41) is 0. The number of ether oxygens (including phenoxy) is 3. The molecule has 0 N–H and O–H groups in total. The Balaban J connectivity index is 4.39. The first kappa shape index (κ1) is 76.8. The first-order valence-electron chi connectivity index (χ1n) is 34.0. The van der Waals surface area contributed by atoms with E-state index in [1.165, 1.54) is 167 Å². The molecule has 462 valence electrons. The van der Waals surface area contributed by atoms with E-state index in [-0.39, 0.29) is 37.5 Å². The first-order valence-corrected chi connectivity index (χ1v) is 34.0. The average molecular weight is 1120 g/mol. The van der Waals surface area contributed by atoms with Gasteiger partial charge in [0.1, 0.15) is 13.2 Å². The Bertz CT molecular complexity index is 1670. The highest BCUT2D eigenvalue weighted by Crippen LogP contribution is 2.16. The van der Waals surface area contributed by atoms with Crippen LogP contribution in [-0.2, 0) is 28.6 Å². The SMILES string of the molecule is CC/C=C\C/C=C\C/C=C\C/C=C\C/C=C\C/C=C\C/C=C\CCCC(=O)OC(COC(=O)CCCCCCCCCCCCCCC)COC(=O)CCCCCCCCCCCCCC/C=C\C/C=C\C/C=C\CCCCCCC. The molecular formula is C75H126O6. The van der Waals surface area contributed by atoms with E-state index in [4.69, 9.17) is 14.2 Å². The van der Waals surface area contributed by atoms with Crippen LogP contribution >= 0.6 is 0 Å². The maximum Gasteiger partial charge on any atom is 0.306 e. The maximum atomic E-state index is 12.9. The summed E-state index contributed by atoms with van der Waals surface area (Å²) < 4.78 is 16.9. The number of hydrogen-bond acceptors (Lipinski definition) is 6. The molecule has 0 saturated carbocycles. The van der Waals surface area contributed by atoms with Crippen molar-refractivity contribution < 1.29 is 28.6 Å². The van der Waals surface area contributed by atoms with Crippen molar-refractivity contribution in [3.8, 4) is 0 Å². The molecule has 0 bridgehead atoms. The normalized spacial score (nSPS) is 12.9. The fourth-order valence-corrected chi connectivity index (χ4v) is 9.38. The molecule has 0 saturated heterocycles. The summed E-state index contributed by atoms with van der Waals surface area (Å²) in [5.74, 6) is -0.955. The van der Waals surface area contributed by atoms with Crippen LogP contribution in [0.3, 0.4) is 0 Å². The van der Waals surface area contributed by atoms with Gasteiger partial charge in [-0.3, -0.25) is 14.4 Å². The Kier molecular flexibility index (Phi) is 64.8. The van der Waals surface area contributed by atoms with Crippen molar-refractivity contribution in [2.24, 2.45) is 0 Å². The molecule has 0 radical (unpaired) electrons. The Morgan fingerprint density at radius 2 is 0.494 bits per heavy atom. The zero-order valence-corrected chi connectivity index (χ0v) is 53.0. The van der Waals surface area contributed by atoms with Crippen molar-refractivity contribution in [3.63, 3.8) is 0 Å². The molecule has 0 aliphatic heterocycles. The summed E-state index contributed by atoms with van der Waals surface area (Å²) in [5.41, 5.74) is 0. The van der Waals surface area contributed by atoms with Gasteiger partial charge in [0.05, 0.1) is 0 Å². The third kappa shape index (κ3) is 66.5. The Hall–Kier alpha value is -4.19. The second kappa shape index (κ2) is 68.3. The van der Waals surface area contributed by atoms with E-state index < -0.39 is 6.10 Å². The molecular weight excluding hydrogens is 997 g/mol. The molecule has 81 heavy (non-hydrogen) atoms. The van der Waals surface area contributed by atoms with Crippen molar-refractivity contribution in [2.45, 2.75) is 322 Å². The van der Waals surface area contributed by atoms with Crippen LogP contribution in [-0.4, -0.2) is 37.2 Å². The lowest BCUT2D eigenvalue weighted by atomic mass is 10.0. The van der Waals surface area contributed by atoms with Crippen molar-refractivity contribution >= 4 is 17.9 Å². The molecule has 0 aromatic rings. The molecule has 0 spiro atoms. The third-order valence-corrected chi connectivity index (χ3v) is 14.5. The second-order valence-corrected chi connectivity index (χ2v) is 22.4. The van der Waals surface area contributed by atoms with E-state index in [1.807, 2.05) is 0 Å². The summed E-state index contributed by atoms with van der Waals surface area (Å²) in [4.78, 5) is 38.4. The lowest BCUT2D eigenvalue weighted by molar-refractivity contribution is -0.167. The van der Waals surface area contributed by atoms with Crippen LogP contribution in [0.25, 0.3) is 0 Å². The molecule has 0 aromatic carbocycles. The molecule has 1 atom stereocenters. The zero-order chi connectivity index (χ0) is 58.5. The van der Waals surface area contributed by atoms with Crippen LogP contribution in [0.5, 0.6) is 0 Å². The molecule has 0 aliphatic carbocycles. The number of hydrogen-bond donors (Lipinski definition) is 0. The molecule has 0 aromatic heterocycles. The smallest absolute Gasteiger partial charge is 0.306 e. The van der Waals surface area contributed by atoms with Gasteiger partial charge in [-0.1, -0.05) is 309 Å².